The predicted molar refractivity (Wildman–Crippen MR) is 165 cm³/mol. The van der Waals surface area contributed by atoms with Gasteiger partial charge in [-0.05, 0) is 63.7 Å². The van der Waals surface area contributed by atoms with E-state index in [-0.39, 0.29) is 5.41 Å². The van der Waals surface area contributed by atoms with Crippen LogP contribution in [-0.4, -0.2) is 4.98 Å². The van der Waals surface area contributed by atoms with Gasteiger partial charge in [0.15, 0.2) is 0 Å². The molecule has 40 heavy (non-hydrogen) atoms. The van der Waals surface area contributed by atoms with Gasteiger partial charge in [0.05, 0.1) is 11.4 Å². The summed E-state index contributed by atoms with van der Waals surface area (Å²) in [6.45, 7) is 4.67. The number of fused-ring (bicyclic) bond motifs is 7. The molecule has 0 aliphatic heterocycles. The van der Waals surface area contributed by atoms with E-state index in [2.05, 4.69) is 129 Å². The van der Waals surface area contributed by atoms with Crippen molar-refractivity contribution >= 4 is 21.9 Å². The lowest BCUT2D eigenvalue weighted by molar-refractivity contribution is 0.657. The van der Waals surface area contributed by atoms with Gasteiger partial charge in [0, 0.05) is 27.3 Å². The Morgan fingerprint density at radius 2 is 1.20 bits per heavy atom. The van der Waals surface area contributed by atoms with Gasteiger partial charge in [-0.15, -0.1) is 0 Å². The Bertz CT molecular complexity index is 2010. The van der Waals surface area contributed by atoms with E-state index in [1.54, 1.807) is 0 Å². The molecule has 7 aromatic rings. The van der Waals surface area contributed by atoms with Crippen molar-refractivity contribution in [2.24, 2.45) is 0 Å². The zero-order chi connectivity index (χ0) is 26.8. The first-order valence-corrected chi connectivity index (χ1v) is 13.8. The fraction of sp³-hybridized carbons (Fsp3) is 0.0789. The van der Waals surface area contributed by atoms with Crippen molar-refractivity contribution < 1.29 is 4.42 Å². The van der Waals surface area contributed by atoms with Crippen molar-refractivity contribution in [3.05, 3.63) is 139 Å². The molecule has 2 nitrogen and oxygen atoms in total. The topological polar surface area (TPSA) is 26.0 Å². The summed E-state index contributed by atoms with van der Waals surface area (Å²) in [5.74, 6) is 0. The molecule has 0 fully saturated rings. The van der Waals surface area contributed by atoms with Crippen molar-refractivity contribution in [2.45, 2.75) is 19.3 Å². The summed E-state index contributed by atoms with van der Waals surface area (Å²) in [6, 6.07) is 45.0. The van der Waals surface area contributed by atoms with Crippen LogP contribution in [0, 0.1) is 0 Å². The molecule has 0 N–H and O–H groups in total. The van der Waals surface area contributed by atoms with Crippen LogP contribution < -0.4 is 0 Å². The molecule has 0 unspecified atom stereocenters. The van der Waals surface area contributed by atoms with Crippen LogP contribution in [0.4, 0.5) is 0 Å². The summed E-state index contributed by atoms with van der Waals surface area (Å²) >= 11 is 0. The van der Waals surface area contributed by atoms with Crippen molar-refractivity contribution in [3.63, 3.8) is 0 Å². The SMILES string of the molecule is CC1(C)c2ccc(-c3cc(-c4ccccc4)cc(-c4ccccc4)n3)cc2-c2ccc3oc4ccccc4c3c21. The van der Waals surface area contributed by atoms with Crippen LogP contribution >= 0.6 is 0 Å². The Labute approximate surface area is 233 Å². The minimum Gasteiger partial charge on any atom is -0.456 e. The molecule has 0 spiro atoms. The number of para-hydroxylation sites is 1. The highest BCUT2D eigenvalue weighted by atomic mass is 16.3. The molecule has 1 aliphatic rings. The van der Waals surface area contributed by atoms with Gasteiger partial charge in [0.1, 0.15) is 11.2 Å². The van der Waals surface area contributed by atoms with Crippen molar-refractivity contribution in [1.82, 2.24) is 4.98 Å². The van der Waals surface area contributed by atoms with Gasteiger partial charge in [-0.1, -0.05) is 111 Å². The first-order chi connectivity index (χ1) is 19.6. The summed E-state index contributed by atoms with van der Waals surface area (Å²) in [5, 5.41) is 2.41. The van der Waals surface area contributed by atoms with Gasteiger partial charge < -0.3 is 4.42 Å². The molecule has 0 amide bonds. The number of pyridine rings is 1. The molecule has 0 atom stereocenters. The summed E-state index contributed by atoms with van der Waals surface area (Å²) in [7, 11) is 0. The largest absolute Gasteiger partial charge is 0.456 e. The molecular formula is C38H27NO. The van der Waals surface area contributed by atoms with Crippen molar-refractivity contribution in [1.29, 1.82) is 0 Å². The minimum absolute atomic E-state index is 0.149. The van der Waals surface area contributed by atoms with Gasteiger partial charge in [-0.25, -0.2) is 4.98 Å². The molecule has 5 aromatic carbocycles. The number of rotatable bonds is 3. The van der Waals surface area contributed by atoms with E-state index in [0.717, 1.165) is 39.2 Å². The van der Waals surface area contributed by atoms with E-state index in [0.29, 0.717) is 0 Å². The van der Waals surface area contributed by atoms with E-state index in [1.807, 2.05) is 12.1 Å². The number of hydrogen-bond donors (Lipinski definition) is 0. The highest BCUT2D eigenvalue weighted by Crippen LogP contribution is 2.53. The van der Waals surface area contributed by atoms with Gasteiger partial charge in [0.2, 0.25) is 0 Å². The maximum Gasteiger partial charge on any atom is 0.135 e. The third-order valence-corrected chi connectivity index (χ3v) is 8.45. The van der Waals surface area contributed by atoms with Gasteiger partial charge in [-0.2, -0.15) is 0 Å². The van der Waals surface area contributed by atoms with Crippen molar-refractivity contribution in [2.75, 3.05) is 0 Å². The van der Waals surface area contributed by atoms with Crippen LogP contribution in [-0.2, 0) is 5.41 Å². The molecule has 0 bridgehead atoms. The van der Waals surface area contributed by atoms with E-state index in [9.17, 15) is 0 Å². The quantitative estimate of drug-likeness (QED) is 0.235. The second-order valence-electron chi connectivity index (χ2n) is 11.2. The fourth-order valence-electron chi connectivity index (χ4n) is 6.53. The lowest BCUT2D eigenvalue weighted by Gasteiger charge is -2.22. The Hall–Kier alpha value is -4.95. The maximum absolute atomic E-state index is 6.26. The molecule has 8 rings (SSSR count). The summed E-state index contributed by atoms with van der Waals surface area (Å²) in [5.41, 5.74) is 13.5. The van der Waals surface area contributed by atoms with E-state index < -0.39 is 0 Å². The Morgan fingerprint density at radius 3 is 1.98 bits per heavy atom. The Kier molecular flexibility index (Phi) is 4.90. The average molecular weight is 514 g/mol. The highest BCUT2D eigenvalue weighted by molar-refractivity contribution is 6.11. The van der Waals surface area contributed by atoms with Gasteiger partial charge >= 0.3 is 0 Å². The number of furan rings is 1. The second-order valence-corrected chi connectivity index (χ2v) is 11.2. The molecule has 190 valence electrons. The summed E-state index contributed by atoms with van der Waals surface area (Å²) in [6.07, 6.45) is 0. The van der Waals surface area contributed by atoms with Crippen molar-refractivity contribution in [3.8, 4) is 44.8 Å². The molecule has 0 radical (unpaired) electrons. The minimum atomic E-state index is -0.149. The Balaban J connectivity index is 1.35. The van der Waals surface area contributed by atoms with Crippen LogP contribution in [0.2, 0.25) is 0 Å². The first-order valence-electron chi connectivity index (χ1n) is 13.8. The third-order valence-electron chi connectivity index (χ3n) is 8.45. The Morgan fingerprint density at radius 1 is 0.525 bits per heavy atom. The molecular weight excluding hydrogens is 486 g/mol. The van der Waals surface area contributed by atoms with E-state index in [1.165, 1.54) is 38.6 Å². The highest BCUT2D eigenvalue weighted by Gasteiger charge is 2.38. The zero-order valence-electron chi connectivity index (χ0n) is 22.5. The lowest BCUT2D eigenvalue weighted by atomic mass is 9.80. The fourth-order valence-corrected chi connectivity index (χ4v) is 6.53. The molecule has 2 aromatic heterocycles. The second kappa shape index (κ2) is 8.53. The normalized spacial score (nSPS) is 13.4. The van der Waals surface area contributed by atoms with Crippen LogP contribution in [0.5, 0.6) is 0 Å². The lowest BCUT2D eigenvalue weighted by Crippen LogP contribution is -2.15. The monoisotopic (exact) mass is 513 g/mol. The third kappa shape index (κ3) is 3.39. The summed E-state index contributed by atoms with van der Waals surface area (Å²) < 4.78 is 6.26. The number of hydrogen-bond acceptors (Lipinski definition) is 2. The number of nitrogens with zero attached hydrogens (tertiary/aromatic N) is 1. The average Bonchev–Trinajstić information content (AvgIpc) is 3.49. The van der Waals surface area contributed by atoms with Crippen LogP contribution in [0.15, 0.2) is 132 Å². The van der Waals surface area contributed by atoms with Gasteiger partial charge in [-0.3, -0.25) is 0 Å². The van der Waals surface area contributed by atoms with Crippen LogP contribution in [0.25, 0.3) is 66.7 Å². The molecule has 1 aliphatic carbocycles. The zero-order valence-corrected chi connectivity index (χ0v) is 22.5. The standard InChI is InChI=1S/C38H27NO/c1-38(2)31-19-17-26(21-30(31)28-18-20-35-36(37(28)38)29-15-9-10-16-34(29)40-35)33-23-27(24-11-5-3-6-12-24)22-32(39-33)25-13-7-4-8-14-25/h3-23H,1-2H3. The molecule has 0 saturated carbocycles. The smallest absolute Gasteiger partial charge is 0.135 e. The molecule has 2 heterocycles. The molecule has 0 saturated heterocycles. The van der Waals surface area contributed by atoms with Crippen LogP contribution in [0.1, 0.15) is 25.0 Å². The predicted octanol–water partition coefficient (Wildman–Crippen LogP) is 10.3. The van der Waals surface area contributed by atoms with Crippen LogP contribution in [0.3, 0.4) is 0 Å². The summed E-state index contributed by atoms with van der Waals surface area (Å²) in [4.78, 5) is 5.18. The first kappa shape index (κ1) is 23.0. The molecule has 2 heteroatoms. The maximum atomic E-state index is 6.26. The van der Waals surface area contributed by atoms with E-state index >= 15 is 0 Å². The van der Waals surface area contributed by atoms with Gasteiger partial charge in [0.25, 0.3) is 0 Å². The number of aromatic nitrogens is 1. The number of benzene rings is 5. The van der Waals surface area contributed by atoms with E-state index in [4.69, 9.17) is 9.40 Å².